The Balaban J connectivity index is 1.33. The maximum atomic E-state index is 15.0. The molecule has 0 aromatic heterocycles. The second kappa shape index (κ2) is 28.6. The van der Waals surface area contributed by atoms with E-state index in [0.29, 0.717) is 31.8 Å². The number of piperidine rings is 1. The predicted octanol–water partition coefficient (Wildman–Crippen LogP) is 4.49. The number of ether oxygens (including phenoxy) is 5. The minimum Gasteiger partial charge on any atom is -0.507 e. The van der Waals surface area contributed by atoms with Gasteiger partial charge in [-0.15, -0.1) is 0 Å². The van der Waals surface area contributed by atoms with Crippen molar-refractivity contribution in [3.8, 4) is 11.5 Å². The topological polar surface area (TPSA) is 405 Å². The van der Waals surface area contributed by atoms with Crippen molar-refractivity contribution >= 4 is 68.2 Å². The average molecular weight is 1290 g/mol. The Morgan fingerprint density at radius 1 is 0.865 bits per heavy atom. The van der Waals surface area contributed by atoms with Gasteiger partial charge in [-0.3, -0.25) is 47.7 Å². The number of likely N-dealkylation sites (tertiary alicyclic amines) is 1. The van der Waals surface area contributed by atoms with Gasteiger partial charge in [0.15, 0.2) is 0 Å². The van der Waals surface area contributed by atoms with Crippen molar-refractivity contribution in [2.24, 2.45) is 46.4 Å². The molecular formula is C59H85N7O21P2. The van der Waals surface area contributed by atoms with Gasteiger partial charge in [0.25, 0.3) is 11.7 Å². The molecule has 0 unspecified atom stereocenters. The molecule has 1 fully saturated rings. The van der Waals surface area contributed by atoms with Gasteiger partial charge >= 0.3 is 39.0 Å². The fraction of sp³-hybridized carbons (Fsp3) is 0.610. The molecule has 7 rings (SSSR count). The predicted molar refractivity (Wildman–Crippen MR) is 320 cm³/mol. The number of carbonyl (C=O) groups excluding carboxylic acids is 8. The Labute approximate surface area is 516 Å². The third kappa shape index (κ3) is 16.4. The first-order chi connectivity index (χ1) is 41.4. The first-order valence-corrected chi connectivity index (χ1v) is 32.9. The number of carbonyl (C=O) groups is 8. The average Bonchev–Trinajstić information content (AvgIpc) is 1.63. The zero-order valence-corrected chi connectivity index (χ0v) is 54.1. The van der Waals surface area contributed by atoms with Crippen LogP contribution in [0.15, 0.2) is 52.5 Å². The minimum absolute atomic E-state index is 0.00192. The molecule has 492 valence electrons. The first-order valence-electron chi connectivity index (χ1n) is 29.5. The van der Waals surface area contributed by atoms with Gasteiger partial charge in [0.2, 0.25) is 29.9 Å². The number of allylic oxidation sites excluding steroid dienone is 5. The maximum absolute atomic E-state index is 15.0. The molecule has 89 heavy (non-hydrogen) atoms. The summed E-state index contributed by atoms with van der Waals surface area (Å²) >= 11 is 0. The van der Waals surface area contributed by atoms with E-state index in [4.69, 9.17) is 28.7 Å². The number of aliphatic imine (C=N–C) groups is 1. The number of fused-ring (bicyclic) bond motifs is 13. The molecule has 1 spiro atoms. The van der Waals surface area contributed by atoms with E-state index in [-0.39, 0.29) is 74.9 Å². The number of aliphatic hydroxyl groups is 1. The molecule has 30 heteroatoms. The first kappa shape index (κ1) is 71.3. The summed E-state index contributed by atoms with van der Waals surface area (Å²) in [5.41, 5.74) is -3.77. The summed E-state index contributed by atoms with van der Waals surface area (Å²) in [5, 5.41) is 34.1. The van der Waals surface area contributed by atoms with Crippen LogP contribution in [0, 0.1) is 48.3 Å². The molecule has 0 saturated carbocycles. The van der Waals surface area contributed by atoms with Crippen molar-refractivity contribution in [2.45, 2.75) is 150 Å². The number of aromatic hydroxyl groups is 1. The minimum atomic E-state index is -5.64. The number of phenols is 1. The Morgan fingerprint density at radius 2 is 1.51 bits per heavy atom. The van der Waals surface area contributed by atoms with Gasteiger partial charge in [-0.1, -0.05) is 80.5 Å². The SMILES string of the molecule is CCC(=O)OCOC(=O)N[C@@H](CCC(=O)NC(P(=O)(O)O)P(=O)(O)O)C(=O)N(C)CC(=O)O[C@@H]1[C@@H](C)[C@@H](O)[C@@H](C)[C@H](C)[C@H](C)[C@@H](C)/C=C/O[C@@]2(C)Oc3c(C)c(O)c4c(c3C2=O)C2=NC3(CCN(CC(C)C)CC3)NC2=C(NC(=O)/C(C)=C\C=C\[C@@H]1C)C4=O. The molecule has 1 aliphatic carbocycles. The number of nitrogens with one attached hydrogen (secondary N) is 4. The lowest BCUT2D eigenvalue weighted by Gasteiger charge is -2.38. The molecule has 10 atom stereocenters. The molecule has 4 amide bonds. The summed E-state index contributed by atoms with van der Waals surface area (Å²) in [5.74, 6) is -11.2. The number of Topliss-reactive ketones (excluding diaryl/α,β-unsaturated/α-hetero) is 2. The number of rotatable bonds is 16. The van der Waals surface area contributed by atoms with Crippen LogP contribution in [0.5, 0.6) is 11.5 Å². The zero-order valence-electron chi connectivity index (χ0n) is 52.4. The van der Waals surface area contributed by atoms with Crippen molar-refractivity contribution in [2.75, 3.05) is 40.0 Å². The molecule has 1 aromatic rings. The fourth-order valence-corrected chi connectivity index (χ4v) is 13.7. The zero-order chi connectivity index (χ0) is 66.6. The van der Waals surface area contributed by atoms with E-state index in [2.05, 4.69) is 34.7 Å². The van der Waals surface area contributed by atoms with Crippen molar-refractivity contribution in [1.82, 2.24) is 31.1 Å². The third-order valence-corrected chi connectivity index (χ3v) is 20.6. The van der Waals surface area contributed by atoms with Crippen LogP contribution >= 0.6 is 15.2 Å². The van der Waals surface area contributed by atoms with Gasteiger partial charge in [-0.05, 0) is 55.9 Å². The summed E-state index contributed by atoms with van der Waals surface area (Å²) in [6.07, 6.45) is 3.34. The molecule has 0 radical (unpaired) electrons. The number of ketones is 2. The number of hydrogen-bond donors (Lipinski definition) is 10. The normalized spacial score (nSPS) is 27.4. The molecule has 10 N–H and O–H groups in total. The van der Waals surface area contributed by atoms with Crippen LogP contribution in [-0.2, 0) is 52.1 Å². The number of nitrogens with zero attached hydrogens (tertiary/aromatic N) is 3. The second-order valence-electron chi connectivity index (χ2n) is 24.4. The number of aliphatic hydroxyl groups excluding tert-OH is 1. The van der Waals surface area contributed by atoms with E-state index in [1.807, 2.05) is 27.7 Å². The Morgan fingerprint density at radius 3 is 2.11 bits per heavy atom. The van der Waals surface area contributed by atoms with E-state index in [1.54, 1.807) is 31.3 Å². The highest BCUT2D eigenvalue weighted by molar-refractivity contribution is 7.70. The lowest BCUT2D eigenvalue weighted by Crippen LogP contribution is -2.50. The lowest BCUT2D eigenvalue weighted by atomic mass is 9.72. The lowest BCUT2D eigenvalue weighted by molar-refractivity contribution is -0.161. The van der Waals surface area contributed by atoms with Crippen molar-refractivity contribution in [1.29, 1.82) is 0 Å². The standard InChI is InChI=1S/C59H85N7O21P2/c1-14-40(68)83-28-84-56(76)60-38(18-19-39(67)61-57(88(77,78)79)89(80,81)82)55(75)65(13)27-41(69)86-51-31(5)16-15-17-32(6)54(74)62-47-46-45(63-59(64-46)21-23-66(24-22-59)26-29(2)3)42-43(50(47)72)49(71)37(11)52-44(42)53(73)58(12,87-52)85-25-20-30(4)33(7)34(8)35(9)48(70)36(51)10/h15-17,20,25,29-31,33-36,38,48,51,57,64,70-71H,14,18-19,21-24,26-28H2,1-13H3,(H,60,76)(H,61,67)(H,62,74)(H2,77,78,79)(H2,80,81,82)/b16-15+,25-20+,32-17-/t30-,31-,33+,34+,35-,36-,38-,48-,51-,58-/m0/s1. The number of benzene rings is 1. The molecule has 5 aliphatic heterocycles. The molecule has 28 nitrogen and oxygen atoms in total. The highest BCUT2D eigenvalue weighted by atomic mass is 31.2. The molecule has 1 saturated heterocycles. The van der Waals surface area contributed by atoms with Crippen LogP contribution in [0.3, 0.4) is 0 Å². The van der Waals surface area contributed by atoms with Gasteiger partial charge in [0.1, 0.15) is 41.5 Å². The van der Waals surface area contributed by atoms with Gasteiger partial charge in [-0.2, -0.15) is 0 Å². The Hall–Kier alpha value is -6.77. The molecule has 5 bridgehead atoms. The van der Waals surface area contributed by atoms with Gasteiger partial charge in [-0.25, -0.2) is 4.79 Å². The number of esters is 2. The van der Waals surface area contributed by atoms with Crippen LogP contribution < -0.4 is 26.0 Å². The van der Waals surface area contributed by atoms with Gasteiger partial charge < -0.3 is 84.5 Å². The molecule has 6 aliphatic rings. The van der Waals surface area contributed by atoms with Crippen molar-refractivity contribution in [3.05, 3.63) is 69.8 Å². The highest BCUT2D eigenvalue weighted by Crippen LogP contribution is 2.58. The van der Waals surface area contributed by atoms with Crippen LogP contribution in [0.4, 0.5) is 4.79 Å². The summed E-state index contributed by atoms with van der Waals surface area (Å²) < 4.78 is 51.9. The number of hydrogen-bond acceptors (Lipinski definition) is 20. The second-order valence-corrected chi connectivity index (χ2v) is 28.2. The number of phenolic OH excluding ortho intramolecular Hbond substituents is 1. The monoisotopic (exact) mass is 1290 g/mol. The number of likely N-dealkylation sites (N-methyl/N-ethyl adjacent to an activating group) is 1. The highest BCUT2D eigenvalue weighted by Gasteiger charge is 2.55. The van der Waals surface area contributed by atoms with E-state index >= 15 is 0 Å². The van der Waals surface area contributed by atoms with Crippen LogP contribution in [0.25, 0.3) is 0 Å². The molecule has 1 aromatic carbocycles. The van der Waals surface area contributed by atoms with Crippen molar-refractivity contribution in [3.63, 3.8) is 0 Å². The van der Waals surface area contributed by atoms with E-state index in [0.717, 1.165) is 18.5 Å². The number of alkyl carbamates (subject to hydrolysis) is 1. The molecular weight excluding hydrogens is 1200 g/mol. The summed E-state index contributed by atoms with van der Waals surface area (Å²) in [4.78, 5) is 156. The number of amides is 4. The van der Waals surface area contributed by atoms with Crippen LogP contribution in [-0.4, -0.2) is 168 Å². The van der Waals surface area contributed by atoms with Gasteiger partial charge in [0, 0.05) is 87.8 Å². The quantitative estimate of drug-likeness (QED) is 0.0619. The van der Waals surface area contributed by atoms with Crippen LogP contribution in [0.1, 0.15) is 140 Å². The summed E-state index contributed by atoms with van der Waals surface area (Å²) in [6.45, 7) is 21.6. The smallest absolute Gasteiger partial charge is 0.410 e. The largest absolute Gasteiger partial charge is 0.507 e. The van der Waals surface area contributed by atoms with Gasteiger partial charge in [0.05, 0.1) is 34.9 Å². The fourth-order valence-electron chi connectivity index (χ4n) is 11.5. The molecule has 5 heterocycles. The Bertz CT molecular complexity index is 3190. The Kier molecular flexibility index (Phi) is 22.9. The van der Waals surface area contributed by atoms with E-state index in [9.17, 15) is 77.3 Å². The van der Waals surface area contributed by atoms with Crippen molar-refractivity contribution < 1.29 is 101 Å². The van der Waals surface area contributed by atoms with Crippen LogP contribution in [0.2, 0.25) is 0 Å². The van der Waals surface area contributed by atoms with E-state index < -0.39 is 147 Å². The van der Waals surface area contributed by atoms with E-state index in [1.165, 1.54) is 46.1 Å². The summed E-state index contributed by atoms with van der Waals surface area (Å²) in [7, 11) is -10.1. The maximum Gasteiger partial charge on any atom is 0.410 e. The summed E-state index contributed by atoms with van der Waals surface area (Å²) in [6, 6.07) is -1.77. The third-order valence-electron chi connectivity index (χ3n) is 17.3.